The highest BCUT2D eigenvalue weighted by atomic mass is 16.3. The molecule has 2 fully saturated rings. The maximum atomic E-state index is 10.3. The second kappa shape index (κ2) is 5.92. The summed E-state index contributed by atoms with van der Waals surface area (Å²) in [5, 5.41) is 10.3. The molecule has 18 heavy (non-hydrogen) atoms. The largest absolute Gasteiger partial charge is 0.391 e. The summed E-state index contributed by atoms with van der Waals surface area (Å²) in [4.78, 5) is 2.61. The predicted octanol–water partition coefficient (Wildman–Crippen LogP) is 3.44. The van der Waals surface area contributed by atoms with Crippen LogP contribution in [0.1, 0.15) is 65.7 Å². The maximum absolute atomic E-state index is 10.3. The van der Waals surface area contributed by atoms with E-state index in [9.17, 15) is 5.11 Å². The second-order valence-electron chi connectivity index (χ2n) is 6.65. The van der Waals surface area contributed by atoms with Gasteiger partial charge in [0.1, 0.15) is 0 Å². The lowest BCUT2D eigenvalue weighted by Gasteiger charge is -2.39. The normalized spacial score (nSPS) is 37.0. The lowest BCUT2D eigenvalue weighted by Crippen LogP contribution is -2.47. The van der Waals surface area contributed by atoms with Crippen molar-refractivity contribution in [1.82, 2.24) is 4.90 Å². The number of hydrogen-bond donors (Lipinski definition) is 1. The summed E-state index contributed by atoms with van der Waals surface area (Å²) in [6.07, 6.45) is 8.60. The minimum absolute atomic E-state index is 0.0719. The zero-order chi connectivity index (χ0) is 13.2. The van der Waals surface area contributed by atoms with Gasteiger partial charge in [-0.15, -0.1) is 0 Å². The summed E-state index contributed by atoms with van der Waals surface area (Å²) in [6, 6.07) is 0.448. The molecule has 0 aromatic heterocycles. The predicted molar refractivity (Wildman–Crippen MR) is 76.6 cm³/mol. The topological polar surface area (TPSA) is 23.5 Å². The van der Waals surface area contributed by atoms with Crippen molar-refractivity contribution in [3.63, 3.8) is 0 Å². The first-order valence-corrected chi connectivity index (χ1v) is 8.06. The monoisotopic (exact) mass is 253 g/mol. The van der Waals surface area contributed by atoms with Gasteiger partial charge in [-0.05, 0) is 56.4 Å². The Morgan fingerprint density at radius 2 is 1.89 bits per heavy atom. The van der Waals surface area contributed by atoms with Crippen molar-refractivity contribution in [1.29, 1.82) is 0 Å². The Hall–Kier alpha value is -0.0800. The van der Waals surface area contributed by atoms with E-state index < -0.39 is 0 Å². The average Bonchev–Trinajstić information content (AvgIpc) is 2.84. The van der Waals surface area contributed by atoms with Gasteiger partial charge in [0.05, 0.1) is 6.10 Å². The standard InChI is InChI=1S/C16H31NO/c1-4-13-7-8-15(18)14(11-13)17-10-9-16(5-2,6-3)12-17/h13-15,18H,4-12H2,1-3H3. The molecule has 1 aliphatic carbocycles. The van der Waals surface area contributed by atoms with Gasteiger partial charge in [-0.2, -0.15) is 0 Å². The first kappa shape index (κ1) is 14.3. The first-order valence-electron chi connectivity index (χ1n) is 8.06. The SMILES string of the molecule is CCC1CCC(O)C(N2CCC(CC)(CC)C2)C1. The highest BCUT2D eigenvalue weighted by Crippen LogP contribution is 2.40. The zero-order valence-corrected chi connectivity index (χ0v) is 12.5. The van der Waals surface area contributed by atoms with Crippen LogP contribution in [0.25, 0.3) is 0 Å². The molecule has 106 valence electrons. The fraction of sp³-hybridized carbons (Fsp3) is 1.00. The number of aliphatic hydroxyl groups excluding tert-OH is 1. The van der Waals surface area contributed by atoms with Crippen LogP contribution in [0.4, 0.5) is 0 Å². The smallest absolute Gasteiger partial charge is 0.0695 e. The van der Waals surface area contributed by atoms with E-state index in [1.807, 2.05) is 0 Å². The van der Waals surface area contributed by atoms with E-state index in [0.717, 1.165) is 12.3 Å². The molecule has 0 bridgehead atoms. The summed E-state index contributed by atoms with van der Waals surface area (Å²) in [5.74, 6) is 0.844. The summed E-state index contributed by atoms with van der Waals surface area (Å²) in [6.45, 7) is 9.39. The molecule has 0 aromatic carbocycles. The van der Waals surface area contributed by atoms with Crippen LogP contribution in [0.15, 0.2) is 0 Å². The van der Waals surface area contributed by atoms with Crippen molar-refractivity contribution in [2.45, 2.75) is 77.9 Å². The number of likely N-dealkylation sites (tertiary alicyclic amines) is 1. The van der Waals surface area contributed by atoms with E-state index in [1.165, 1.54) is 51.6 Å². The van der Waals surface area contributed by atoms with E-state index in [0.29, 0.717) is 11.5 Å². The Balaban J connectivity index is 1.99. The molecule has 2 heteroatoms. The molecular formula is C16H31NO. The molecule has 2 nitrogen and oxygen atoms in total. The Morgan fingerprint density at radius 1 is 1.17 bits per heavy atom. The minimum atomic E-state index is -0.0719. The Morgan fingerprint density at radius 3 is 2.44 bits per heavy atom. The fourth-order valence-corrected chi connectivity index (χ4v) is 4.06. The minimum Gasteiger partial charge on any atom is -0.391 e. The number of rotatable bonds is 4. The molecular weight excluding hydrogens is 222 g/mol. The fourth-order valence-electron chi connectivity index (χ4n) is 4.06. The molecule has 1 heterocycles. The molecule has 0 spiro atoms. The van der Waals surface area contributed by atoms with Crippen molar-refractivity contribution >= 4 is 0 Å². The van der Waals surface area contributed by atoms with Crippen molar-refractivity contribution < 1.29 is 5.11 Å². The van der Waals surface area contributed by atoms with Gasteiger partial charge in [-0.3, -0.25) is 4.90 Å². The van der Waals surface area contributed by atoms with Crippen LogP contribution in [0.2, 0.25) is 0 Å². The highest BCUT2D eigenvalue weighted by Gasteiger charge is 2.41. The van der Waals surface area contributed by atoms with Crippen LogP contribution in [0.5, 0.6) is 0 Å². The molecule has 3 unspecified atom stereocenters. The summed E-state index contributed by atoms with van der Waals surface area (Å²) in [7, 11) is 0. The highest BCUT2D eigenvalue weighted by molar-refractivity contribution is 4.95. The Labute approximate surface area is 113 Å². The molecule has 1 N–H and O–H groups in total. The van der Waals surface area contributed by atoms with Gasteiger partial charge in [0.2, 0.25) is 0 Å². The lowest BCUT2D eigenvalue weighted by atomic mass is 9.80. The molecule has 0 radical (unpaired) electrons. The van der Waals surface area contributed by atoms with E-state index in [4.69, 9.17) is 0 Å². The zero-order valence-electron chi connectivity index (χ0n) is 12.5. The van der Waals surface area contributed by atoms with Crippen molar-refractivity contribution in [2.24, 2.45) is 11.3 Å². The van der Waals surface area contributed by atoms with E-state index in [-0.39, 0.29) is 6.10 Å². The quantitative estimate of drug-likeness (QED) is 0.829. The van der Waals surface area contributed by atoms with Gasteiger partial charge < -0.3 is 5.11 Å². The molecule has 0 aromatic rings. The third-order valence-corrected chi connectivity index (χ3v) is 5.90. The van der Waals surface area contributed by atoms with Gasteiger partial charge in [-0.25, -0.2) is 0 Å². The lowest BCUT2D eigenvalue weighted by molar-refractivity contribution is 0.00733. The van der Waals surface area contributed by atoms with Gasteiger partial charge in [0.15, 0.2) is 0 Å². The van der Waals surface area contributed by atoms with Crippen LogP contribution >= 0.6 is 0 Å². The number of nitrogens with zero attached hydrogens (tertiary/aromatic N) is 1. The van der Waals surface area contributed by atoms with Crippen LogP contribution in [0.3, 0.4) is 0 Å². The van der Waals surface area contributed by atoms with Crippen LogP contribution < -0.4 is 0 Å². The van der Waals surface area contributed by atoms with Crippen molar-refractivity contribution in [3.05, 3.63) is 0 Å². The molecule has 3 atom stereocenters. The molecule has 1 aliphatic heterocycles. The van der Waals surface area contributed by atoms with Gasteiger partial charge in [0.25, 0.3) is 0 Å². The van der Waals surface area contributed by atoms with Crippen LogP contribution in [0, 0.1) is 11.3 Å². The second-order valence-corrected chi connectivity index (χ2v) is 6.65. The molecule has 0 amide bonds. The van der Waals surface area contributed by atoms with Gasteiger partial charge in [-0.1, -0.05) is 27.2 Å². The maximum Gasteiger partial charge on any atom is 0.0695 e. The van der Waals surface area contributed by atoms with Crippen molar-refractivity contribution in [2.75, 3.05) is 13.1 Å². The van der Waals surface area contributed by atoms with E-state index in [2.05, 4.69) is 25.7 Å². The summed E-state index contributed by atoms with van der Waals surface area (Å²) >= 11 is 0. The molecule has 2 rings (SSSR count). The van der Waals surface area contributed by atoms with Gasteiger partial charge in [0, 0.05) is 12.6 Å². The van der Waals surface area contributed by atoms with Crippen molar-refractivity contribution in [3.8, 4) is 0 Å². The third-order valence-electron chi connectivity index (χ3n) is 5.90. The first-order chi connectivity index (χ1) is 8.64. The number of hydrogen-bond acceptors (Lipinski definition) is 2. The molecule has 2 aliphatic rings. The Bertz CT molecular complexity index is 262. The van der Waals surface area contributed by atoms with Gasteiger partial charge >= 0.3 is 0 Å². The van der Waals surface area contributed by atoms with Crippen LogP contribution in [-0.2, 0) is 0 Å². The summed E-state index contributed by atoms with van der Waals surface area (Å²) < 4.78 is 0. The van der Waals surface area contributed by atoms with Crippen LogP contribution in [-0.4, -0.2) is 35.2 Å². The molecule has 1 saturated heterocycles. The van der Waals surface area contributed by atoms with E-state index >= 15 is 0 Å². The number of aliphatic hydroxyl groups is 1. The van der Waals surface area contributed by atoms with E-state index in [1.54, 1.807) is 0 Å². The summed E-state index contributed by atoms with van der Waals surface area (Å²) in [5.41, 5.74) is 0.541. The molecule has 1 saturated carbocycles. The average molecular weight is 253 g/mol. The Kier molecular flexibility index (Phi) is 4.71. The third kappa shape index (κ3) is 2.75.